The van der Waals surface area contributed by atoms with Crippen LogP contribution in [0.15, 0.2) is 89.9 Å². The van der Waals surface area contributed by atoms with E-state index in [1.54, 1.807) is 7.11 Å². The Labute approximate surface area is 136 Å². The fourth-order valence-electron chi connectivity index (χ4n) is 2.20. The minimum Gasteiger partial charge on any atom is -0.497 e. The Hall–Kier alpha value is -3.07. The van der Waals surface area contributed by atoms with Crippen LogP contribution in [0.4, 0.5) is 11.4 Å². The lowest BCUT2D eigenvalue weighted by atomic mass is 10.2. The molecule has 0 aliphatic carbocycles. The number of para-hydroxylation sites is 2. The van der Waals surface area contributed by atoms with E-state index in [0.717, 1.165) is 28.5 Å². The molecule has 0 amide bonds. The molecular formula is C20H18N2O. The van der Waals surface area contributed by atoms with Gasteiger partial charge in [-0.3, -0.25) is 0 Å². The van der Waals surface area contributed by atoms with Crippen LogP contribution in [0, 0.1) is 0 Å². The third kappa shape index (κ3) is 3.98. The Kier molecular flexibility index (Phi) is 4.69. The van der Waals surface area contributed by atoms with E-state index in [1.165, 1.54) is 0 Å². The zero-order valence-electron chi connectivity index (χ0n) is 12.9. The summed E-state index contributed by atoms with van der Waals surface area (Å²) in [6, 6.07) is 27.8. The predicted octanol–water partition coefficient (Wildman–Crippen LogP) is 4.89. The number of rotatable bonds is 4. The van der Waals surface area contributed by atoms with Gasteiger partial charge in [0.05, 0.1) is 12.8 Å². The minimum absolute atomic E-state index is 0.796. The fourth-order valence-corrected chi connectivity index (χ4v) is 2.20. The SMILES string of the molecule is COc1ccc(C(=Nc2ccccc2)Nc2ccccc2)cc1. The summed E-state index contributed by atoms with van der Waals surface area (Å²) in [5.74, 6) is 1.62. The molecule has 23 heavy (non-hydrogen) atoms. The lowest BCUT2D eigenvalue weighted by molar-refractivity contribution is 0.415. The maximum Gasteiger partial charge on any atom is 0.138 e. The second kappa shape index (κ2) is 7.27. The zero-order chi connectivity index (χ0) is 15.9. The normalized spacial score (nSPS) is 11.1. The first kappa shape index (κ1) is 14.9. The van der Waals surface area contributed by atoms with Crippen LogP contribution in [0.25, 0.3) is 0 Å². The second-order valence-corrected chi connectivity index (χ2v) is 5.02. The highest BCUT2D eigenvalue weighted by molar-refractivity contribution is 6.09. The lowest BCUT2D eigenvalue weighted by Crippen LogP contribution is -2.13. The number of hydrogen-bond acceptors (Lipinski definition) is 2. The van der Waals surface area contributed by atoms with Crippen LogP contribution in [0.1, 0.15) is 5.56 Å². The summed E-state index contributed by atoms with van der Waals surface area (Å²) in [7, 11) is 1.66. The summed E-state index contributed by atoms with van der Waals surface area (Å²) in [6.07, 6.45) is 0. The van der Waals surface area contributed by atoms with E-state index in [2.05, 4.69) is 5.32 Å². The van der Waals surface area contributed by atoms with Gasteiger partial charge in [-0.15, -0.1) is 0 Å². The van der Waals surface area contributed by atoms with Gasteiger partial charge in [0.2, 0.25) is 0 Å². The molecule has 0 saturated carbocycles. The molecule has 0 fully saturated rings. The van der Waals surface area contributed by atoms with Gasteiger partial charge in [-0.25, -0.2) is 4.99 Å². The Balaban J connectivity index is 1.97. The van der Waals surface area contributed by atoms with Crippen molar-refractivity contribution in [2.45, 2.75) is 0 Å². The van der Waals surface area contributed by atoms with Crippen molar-refractivity contribution >= 4 is 17.2 Å². The first-order valence-electron chi connectivity index (χ1n) is 7.45. The zero-order valence-corrected chi connectivity index (χ0v) is 12.9. The number of hydrogen-bond donors (Lipinski definition) is 1. The van der Waals surface area contributed by atoms with E-state index < -0.39 is 0 Å². The molecule has 1 N–H and O–H groups in total. The van der Waals surface area contributed by atoms with Crippen molar-refractivity contribution in [1.82, 2.24) is 0 Å². The summed E-state index contributed by atoms with van der Waals surface area (Å²) in [4.78, 5) is 4.74. The molecule has 0 atom stereocenters. The van der Waals surface area contributed by atoms with Gasteiger partial charge in [0.25, 0.3) is 0 Å². The quantitative estimate of drug-likeness (QED) is 0.550. The maximum atomic E-state index is 5.23. The molecule has 0 aromatic heterocycles. The van der Waals surface area contributed by atoms with Crippen molar-refractivity contribution in [3.8, 4) is 5.75 Å². The van der Waals surface area contributed by atoms with Crippen molar-refractivity contribution in [2.75, 3.05) is 12.4 Å². The Morgan fingerprint density at radius 3 is 2.00 bits per heavy atom. The van der Waals surface area contributed by atoms with Crippen LogP contribution in [-0.4, -0.2) is 12.9 Å². The van der Waals surface area contributed by atoms with E-state index >= 15 is 0 Å². The molecule has 0 radical (unpaired) electrons. The molecule has 0 aliphatic rings. The van der Waals surface area contributed by atoms with Gasteiger partial charge in [0.15, 0.2) is 0 Å². The minimum atomic E-state index is 0.796. The van der Waals surface area contributed by atoms with Crippen LogP contribution >= 0.6 is 0 Å². The molecule has 3 nitrogen and oxygen atoms in total. The molecule has 0 unspecified atom stereocenters. The number of ether oxygens (including phenoxy) is 1. The van der Waals surface area contributed by atoms with Gasteiger partial charge >= 0.3 is 0 Å². The topological polar surface area (TPSA) is 33.6 Å². The second-order valence-electron chi connectivity index (χ2n) is 5.02. The van der Waals surface area contributed by atoms with E-state index in [4.69, 9.17) is 9.73 Å². The molecule has 114 valence electrons. The summed E-state index contributed by atoms with van der Waals surface area (Å²) in [5, 5.41) is 3.39. The van der Waals surface area contributed by atoms with E-state index in [-0.39, 0.29) is 0 Å². The lowest BCUT2D eigenvalue weighted by Gasteiger charge is -2.11. The molecule has 0 spiro atoms. The average molecular weight is 302 g/mol. The molecule has 0 bridgehead atoms. The highest BCUT2D eigenvalue weighted by Crippen LogP contribution is 2.18. The van der Waals surface area contributed by atoms with Crippen molar-refractivity contribution in [3.05, 3.63) is 90.5 Å². The predicted molar refractivity (Wildman–Crippen MR) is 95.7 cm³/mol. The van der Waals surface area contributed by atoms with Gasteiger partial charge in [-0.1, -0.05) is 36.4 Å². The highest BCUT2D eigenvalue weighted by atomic mass is 16.5. The van der Waals surface area contributed by atoms with Crippen LogP contribution in [0.5, 0.6) is 5.75 Å². The Morgan fingerprint density at radius 1 is 0.783 bits per heavy atom. The molecule has 0 heterocycles. The standard InChI is InChI=1S/C20H18N2O/c1-23-19-14-12-16(13-15-19)20(21-17-8-4-2-5-9-17)22-18-10-6-3-7-11-18/h2-15H,1H3,(H,21,22). The van der Waals surface area contributed by atoms with E-state index in [9.17, 15) is 0 Å². The first-order chi connectivity index (χ1) is 11.3. The smallest absolute Gasteiger partial charge is 0.138 e. The van der Waals surface area contributed by atoms with E-state index in [0.29, 0.717) is 0 Å². The van der Waals surface area contributed by atoms with Gasteiger partial charge in [-0.2, -0.15) is 0 Å². The monoisotopic (exact) mass is 302 g/mol. The number of aliphatic imine (C=N–C) groups is 1. The molecule has 3 aromatic rings. The maximum absolute atomic E-state index is 5.23. The number of methoxy groups -OCH3 is 1. The molecule has 3 rings (SSSR count). The van der Waals surface area contributed by atoms with Crippen LogP contribution in [0.2, 0.25) is 0 Å². The Morgan fingerprint density at radius 2 is 1.39 bits per heavy atom. The van der Waals surface area contributed by atoms with Gasteiger partial charge in [0.1, 0.15) is 11.6 Å². The van der Waals surface area contributed by atoms with Crippen LogP contribution in [-0.2, 0) is 0 Å². The summed E-state index contributed by atoms with van der Waals surface area (Å²) in [5.41, 5.74) is 2.90. The molecule has 0 saturated heterocycles. The van der Waals surface area contributed by atoms with Gasteiger partial charge < -0.3 is 10.1 Å². The number of nitrogens with zero attached hydrogens (tertiary/aromatic N) is 1. The summed E-state index contributed by atoms with van der Waals surface area (Å²) in [6.45, 7) is 0. The van der Waals surface area contributed by atoms with Crippen molar-refractivity contribution in [1.29, 1.82) is 0 Å². The van der Waals surface area contributed by atoms with Crippen LogP contribution in [0.3, 0.4) is 0 Å². The Bertz CT molecular complexity index is 766. The molecular weight excluding hydrogens is 284 g/mol. The van der Waals surface area contributed by atoms with Crippen LogP contribution < -0.4 is 10.1 Å². The third-order valence-corrected chi connectivity index (χ3v) is 3.40. The third-order valence-electron chi connectivity index (χ3n) is 3.40. The summed E-state index contributed by atoms with van der Waals surface area (Å²) >= 11 is 0. The number of anilines is 1. The van der Waals surface area contributed by atoms with Crippen molar-refractivity contribution in [3.63, 3.8) is 0 Å². The highest BCUT2D eigenvalue weighted by Gasteiger charge is 2.05. The molecule has 3 aromatic carbocycles. The number of benzene rings is 3. The summed E-state index contributed by atoms with van der Waals surface area (Å²) < 4.78 is 5.23. The van der Waals surface area contributed by atoms with E-state index in [1.807, 2.05) is 84.9 Å². The van der Waals surface area contributed by atoms with Crippen molar-refractivity contribution in [2.24, 2.45) is 4.99 Å². The van der Waals surface area contributed by atoms with Gasteiger partial charge in [-0.05, 0) is 48.5 Å². The largest absolute Gasteiger partial charge is 0.497 e. The van der Waals surface area contributed by atoms with Crippen molar-refractivity contribution < 1.29 is 4.74 Å². The molecule has 3 heteroatoms. The molecule has 0 aliphatic heterocycles. The first-order valence-corrected chi connectivity index (χ1v) is 7.45. The average Bonchev–Trinajstić information content (AvgIpc) is 2.63. The van der Waals surface area contributed by atoms with Gasteiger partial charge in [0, 0.05) is 11.3 Å². The fraction of sp³-hybridized carbons (Fsp3) is 0.0500. The number of nitrogens with one attached hydrogen (secondary N) is 1. The number of amidine groups is 1.